The number of sulfone groups is 1. The van der Waals surface area contributed by atoms with Gasteiger partial charge in [-0.1, -0.05) is 6.07 Å². The molecule has 0 unspecified atom stereocenters. The fraction of sp³-hybridized carbons (Fsp3) is 0.286. The molecule has 4 rings (SSSR count). The van der Waals surface area contributed by atoms with Crippen LogP contribution in [0, 0.1) is 19.7 Å². The molecule has 7 heteroatoms. The van der Waals surface area contributed by atoms with Crippen LogP contribution in [0.5, 0.6) is 0 Å². The number of anilines is 1. The molecule has 1 aromatic heterocycles. The molecule has 0 radical (unpaired) electrons. The Balaban J connectivity index is 1.97. The largest absolute Gasteiger partial charge is 0.378 e. The van der Waals surface area contributed by atoms with E-state index in [0.29, 0.717) is 42.9 Å². The van der Waals surface area contributed by atoms with E-state index in [1.165, 1.54) is 18.3 Å². The Morgan fingerprint density at radius 3 is 2.50 bits per heavy atom. The number of fused-ring (bicyclic) bond motifs is 1. The highest BCUT2D eigenvalue weighted by atomic mass is 32.2. The second kappa shape index (κ2) is 7.14. The van der Waals surface area contributed by atoms with Gasteiger partial charge in [0.1, 0.15) is 10.7 Å². The topological polar surface area (TPSA) is 59.5 Å². The molecule has 1 saturated heterocycles. The van der Waals surface area contributed by atoms with Crippen LogP contribution in [0.4, 0.5) is 10.1 Å². The molecule has 28 heavy (non-hydrogen) atoms. The molecule has 0 amide bonds. The molecule has 0 aliphatic carbocycles. The number of rotatable bonds is 3. The van der Waals surface area contributed by atoms with Crippen molar-refractivity contribution in [2.45, 2.75) is 23.6 Å². The van der Waals surface area contributed by atoms with Crippen molar-refractivity contribution in [1.82, 2.24) is 4.98 Å². The number of benzene rings is 2. The minimum atomic E-state index is -3.80. The summed E-state index contributed by atoms with van der Waals surface area (Å²) in [6, 6.07) is 9.37. The monoisotopic (exact) mass is 400 g/mol. The Bertz CT molecular complexity index is 1160. The second-order valence-corrected chi connectivity index (χ2v) is 8.90. The van der Waals surface area contributed by atoms with E-state index in [4.69, 9.17) is 4.74 Å². The molecule has 146 valence electrons. The molecule has 2 heterocycles. The Morgan fingerprint density at radius 1 is 1.04 bits per heavy atom. The highest BCUT2D eigenvalue weighted by molar-refractivity contribution is 7.91. The molecule has 0 N–H and O–H groups in total. The Morgan fingerprint density at radius 2 is 1.79 bits per heavy atom. The van der Waals surface area contributed by atoms with Gasteiger partial charge in [0, 0.05) is 30.7 Å². The zero-order chi connectivity index (χ0) is 19.9. The average molecular weight is 400 g/mol. The van der Waals surface area contributed by atoms with E-state index < -0.39 is 15.7 Å². The van der Waals surface area contributed by atoms with E-state index in [-0.39, 0.29) is 9.79 Å². The van der Waals surface area contributed by atoms with Crippen LogP contribution in [0.3, 0.4) is 0 Å². The molecular formula is C21H21FN2O3S. The number of nitrogens with zero attached hydrogens (tertiary/aromatic N) is 2. The van der Waals surface area contributed by atoms with E-state index in [1.54, 1.807) is 24.3 Å². The smallest absolute Gasteiger partial charge is 0.210 e. The molecule has 3 aromatic rings. The summed E-state index contributed by atoms with van der Waals surface area (Å²) >= 11 is 0. The molecule has 5 nitrogen and oxygen atoms in total. The second-order valence-electron chi connectivity index (χ2n) is 6.98. The van der Waals surface area contributed by atoms with Crippen LogP contribution in [0.15, 0.2) is 52.4 Å². The number of ether oxygens (including phenoxy) is 1. The number of aromatic nitrogens is 1. The van der Waals surface area contributed by atoms with Crippen molar-refractivity contribution in [3.8, 4) is 0 Å². The fourth-order valence-corrected chi connectivity index (χ4v) is 4.97. The van der Waals surface area contributed by atoms with Gasteiger partial charge in [-0.3, -0.25) is 4.98 Å². The quantitative estimate of drug-likeness (QED) is 0.672. The normalized spacial score (nSPS) is 15.2. The minimum absolute atomic E-state index is 0.136. The summed E-state index contributed by atoms with van der Waals surface area (Å²) in [6.45, 7) is 5.97. The highest BCUT2D eigenvalue weighted by Gasteiger charge is 2.28. The van der Waals surface area contributed by atoms with Gasteiger partial charge < -0.3 is 9.64 Å². The van der Waals surface area contributed by atoms with Crippen LogP contribution in [0.2, 0.25) is 0 Å². The zero-order valence-electron chi connectivity index (χ0n) is 15.8. The van der Waals surface area contributed by atoms with Gasteiger partial charge in [0.2, 0.25) is 9.84 Å². The third-order valence-electron chi connectivity index (χ3n) is 5.17. The molecular weight excluding hydrogens is 379 g/mol. The molecule has 0 bridgehead atoms. The first kappa shape index (κ1) is 18.8. The van der Waals surface area contributed by atoms with Crippen molar-refractivity contribution in [3.05, 3.63) is 59.5 Å². The lowest BCUT2D eigenvalue weighted by Crippen LogP contribution is -2.37. The molecule has 1 fully saturated rings. The Kier molecular flexibility index (Phi) is 4.81. The third kappa shape index (κ3) is 3.25. The van der Waals surface area contributed by atoms with Crippen LogP contribution in [0.25, 0.3) is 10.9 Å². The third-order valence-corrected chi connectivity index (χ3v) is 6.93. The van der Waals surface area contributed by atoms with Crippen LogP contribution in [-0.4, -0.2) is 39.7 Å². The predicted octanol–water partition coefficient (Wildman–Crippen LogP) is 3.66. The first-order valence-electron chi connectivity index (χ1n) is 9.11. The summed E-state index contributed by atoms with van der Waals surface area (Å²) in [7, 11) is -3.80. The number of hydrogen-bond donors (Lipinski definition) is 0. The van der Waals surface area contributed by atoms with Gasteiger partial charge >= 0.3 is 0 Å². The van der Waals surface area contributed by atoms with E-state index in [2.05, 4.69) is 4.98 Å². The molecule has 2 aromatic carbocycles. The molecule has 1 aliphatic heterocycles. The zero-order valence-corrected chi connectivity index (χ0v) is 16.6. The summed E-state index contributed by atoms with van der Waals surface area (Å²) in [5.41, 5.74) is 2.93. The van der Waals surface area contributed by atoms with E-state index in [1.807, 2.05) is 18.7 Å². The maximum Gasteiger partial charge on any atom is 0.210 e. The van der Waals surface area contributed by atoms with Crippen molar-refractivity contribution < 1.29 is 17.5 Å². The van der Waals surface area contributed by atoms with Crippen molar-refractivity contribution in [2.75, 3.05) is 31.2 Å². The van der Waals surface area contributed by atoms with E-state index in [0.717, 1.165) is 11.1 Å². The van der Waals surface area contributed by atoms with Crippen molar-refractivity contribution in [1.29, 1.82) is 0 Å². The van der Waals surface area contributed by atoms with E-state index in [9.17, 15) is 12.8 Å². The summed E-state index contributed by atoms with van der Waals surface area (Å²) < 4.78 is 46.1. The van der Waals surface area contributed by atoms with Crippen LogP contribution >= 0.6 is 0 Å². The van der Waals surface area contributed by atoms with Crippen LogP contribution < -0.4 is 4.90 Å². The highest BCUT2D eigenvalue weighted by Crippen LogP contribution is 2.36. The van der Waals surface area contributed by atoms with Gasteiger partial charge in [0.15, 0.2) is 0 Å². The first-order chi connectivity index (χ1) is 13.4. The first-order valence-corrected chi connectivity index (χ1v) is 10.6. The van der Waals surface area contributed by atoms with Gasteiger partial charge in [0.05, 0.1) is 29.3 Å². The van der Waals surface area contributed by atoms with Gasteiger partial charge in [-0.2, -0.15) is 0 Å². The molecule has 0 saturated carbocycles. The maximum atomic E-state index is 13.7. The SMILES string of the molecule is Cc1ccc(S(=O)(=O)c2cnc3cc(F)ccc3c2N2CCOCC2)cc1C. The maximum absolute atomic E-state index is 13.7. The Hall–Kier alpha value is -2.51. The Labute approximate surface area is 163 Å². The van der Waals surface area contributed by atoms with Crippen LogP contribution in [0.1, 0.15) is 11.1 Å². The lowest BCUT2D eigenvalue weighted by Gasteiger charge is -2.31. The number of pyridine rings is 1. The van der Waals surface area contributed by atoms with Crippen LogP contribution in [-0.2, 0) is 14.6 Å². The number of hydrogen-bond acceptors (Lipinski definition) is 5. The van der Waals surface area contributed by atoms with Gasteiger partial charge in [-0.25, -0.2) is 12.8 Å². The molecule has 0 atom stereocenters. The number of morpholine rings is 1. The summed E-state index contributed by atoms with van der Waals surface area (Å²) in [4.78, 5) is 6.60. The van der Waals surface area contributed by atoms with Gasteiger partial charge in [0.25, 0.3) is 0 Å². The van der Waals surface area contributed by atoms with Crippen molar-refractivity contribution >= 4 is 26.4 Å². The number of halogens is 1. The summed E-state index contributed by atoms with van der Waals surface area (Å²) in [5, 5.41) is 0.619. The van der Waals surface area contributed by atoms with E-state index >= 15 is 0 Å². The van der Waals surface area contributed by atoms with Crippen molar-refractivity contribution in [3.63, 3.8) is 0 Å². The predicted molar refractivity (Wildman–Crippen MR) is 106 cm³/mol. The van der Waals surface area contributed by atoms with Gasteiger partial charge in [-0.15, -0.1) is 0 Å². The number of aryl methyl sites for hydroxylation is 2. The van der Waals surface area contributed by atoms with Crippen molar-refractivity contribution in [2.24, 2.45) is 0 Å². The lowest BCUT2D eigenvalue weighted by atomic mass is 10.1. The standard InChI is InChI=1S/C21H21FN2O3S/c1-14-3-5-17(11-15(14)2)28(25,26)20-13-23-19-12-16(22)4-6-18(19)21(20)24-7-9-27-10-8-24/h3-6,11-13H,7-10H2,1-2H3. The molecule has 1 aliphatic rings. The fourth-order valence-electron chi connectivity index (χ4n) is 3.45. The lowest BCUT2D eigenvalue weighted by molar-refractivity contribution is 0.122. The summed E-state index contributed by atoms with van der Waals surface area (Å²) in [6.07, 6.45) is 1.34. The minimum Gasteiger partial charge on any atom is -0.378 e. The summed E-state index contributed by atoms with van der Waals surface area (Å²) in [5.74, 6) is -0.405. The average Bonchev–Trinajstić information content (AvgIpc) is 2.69. The molecule has 0 spiro atoms. The van der Waals surface area contributed by atoms with Gasteiger partial charge in [-0.05, 0) is 49.2 Å².